The lowest BCUT2D eigenvalue weighted by Crippen LogP contribution is -2.42. The Morgan fingerprint density at radius 3 is 2.36 bits per heavy atom. The SMILES string of the molecule is CC1C(N(C)C)CCN1C(=N)C1CC1. The smallest absolute Gasteiger partial charge is 0.0992 e. The summed E-state index contributed by atoms with van der Waals surface area (Å²) in [5.74, 6) is 1.50. The van der Waals surface area contributed by atoms with Gasteiger partial charge in [0.15, 0.2) is 0 Å². The number of hydrogen-bond acceptors (Lipinski definition) is 2. The van der Waals surface area contributed by atoms with Gasteiger partial charge in [-0.05, 0) is 40.3 Å². The van der Waals surface area contributed by atoms with Gasteiger partial charge in [-0.15, -0.1) is 0 Å². The molecule has 1 aliphatic carbocycles. The van der Waals surface area contributed by atoms with Crippen molar-refractivity contribution in [3.05, 3.63) is 0 Å². The summed E-state index contributed by atoms with van der Waals surface area (Å²) in [5, 5.41) is 8.07. The Kier molecular flexibility index (Phi) is 2.52. The van der Waals surface area contributed by atoms with Crippen LogP contribution in [0.1, 0.15) is 26.2 Å². The van der Waals surface area contributed by atoms with Crippen LogP contribution in [-0.4, -0.2) is 48.4 Å². The molecule has 1 saturated heterocycles. The van der Waals surface area contributed by atoms with Gasteiger partial charge < -0.3 is 9.80 Å². The second-order valence-electron chi connectivity index (χ2n) is 4.91. The van der Waals surface area contributed by atoms with Crippen molar-refractivity contribution in [2.75, 3.05) is 20.6 Å². The van der Waals surface area contributed by atoms with Crippen LogP contribution in [0.15, 0.2) is 0 Å². The van der Waals surface area contributed by atoms with E-state index >= 15 is 0 Å². The molecule has 0 bridgehead atoms. The largest absolute Gasteiger partial charge is 0.356 e. The Morgan fingerprint density at radius 2 is 1.93 bits per heavy atom. The summed E-state index contributed by atoms with van der Waals surface area (Å²) < 4.78 is 0. The van der Waals surface area contributed by atoms with Gasteiger partial charge in [-0.3, -0.25) is 5.41 Å². The fourth-order valence-electron chi connectivity index (χ4n) is 2.54. The highest BCUT2D eigenvalue weighted by Gasteiger charge is 2.38. The number of likely N-dealkylation sites (tertiary alicyclic amines) is 1. The quantitative estimate of drug-likeness (QED) is 0.533. The van der Waals surface area contributed by atoms with E-state index in [0.29, 0.717) is 18.0 Å². The number of rotatable bonds is 2. The van der Waals surface area contributed by atoms with Crippen molar-refractivity contribution >= 4 is 5.84 Å². The topological polar surface area (TPSA) is 30.3 Å². The van der Waals surface area contributed by atoms with Crippen LogP contribution in [0.4, 0.5) is 0 Å². The Labute approximate surface area is 86.6 Å². The molecule has 0 spiro atoms. The number of likely N-dealkylation sites (N-methyl/N-ethyl adjacent to an activating group) is 1. The molecule has 0 aromatic carbocycles. The van der Waals surface area contributed by atoms with Crippen LogP contribution >= 0.6 is 0 Å². The predicted octanol–water partition coefficient (Wildman–Crippen LogP) is 1.40. The maximum Gasteiger partial charge on any atom is 0.0992 e. The van der Waals surface area contributed by atoms with Gasteiger partial charge in [0.05, 0.1) is 5.84 Å². The summed E-state index contributed by atoms with van der Waals surface area (Å²) in [5.41, 5.74) is 0. The molecule has 14 heavy (non-hydrogen) atoms. The normalized spacial score (nSPS) is 32.7. The molecule has 0 aromatic rings. The first-order chi connectivity index (χ1) is 6.61. The molecule has 2 fully saturated rings. The Balaban J connectivity index is 1.98. The molecule has 1 N–H and O–H groups in total. The van der Waals surface area contributed by atoms with Crippen molar-refractivity contribution in [2.24, 2.45) is 5.92 Å². The third-order valence-corrected chi connectivity index (χ3v) is 3.65. The molecule has 2 unspecified atom stereocenters. The summed E-state index contributed by atoms with van der Waals surface area (Å²) in [7, 11) is 4.29. The van der Waals surface area contributed by atoms with Crippen LogP contribution in [0, 0.1) is 11.3 Å². The number of hydrogen-bond donors (Lipinski definition) is 1. The van der Waals surface area contributed by atoms with Gasteiger partial charge in [0.1, 0.15) is 0 Å². The summed E-state index contributed by atoms with van der Waals surface area (Å²) in [6, 6.07) is 1.16. The van der Waals surface area contributed by atoms with Crippen molar-refractivity contribution < 1.29 is 0 Å². The molecular weight excluding hydrogens is 174 g/mol. The van der Waals surface area contributed by atoms with Crippen molar-refractivity contribution in [2.45, 2.75) is 38.3 Å². The number of nitrogens with one attached hydrogen (secondary N) is 1. The maximum atomic E-state index is 8.07. The Bertz CT molecular complexity index is 233. The molecular formula is C11H21N3. The summed E-state index contributed by atoms with van der Waals surface area (Å²) in [6.07, 6.45) is 3.70. The summed E-state index contributed by atoms with van der Waals surface area (Å²) in [6.45, 7) is 3.34. The third-order valence-electron chi connectivity index (χ3n) is 3.65. The molecule has 3 nitrogen and oxygen atoms in total. The molecule has 2 rings (SSSR count). The van der Waals surface area contributed by atoms with Crippen LogP contribution in [0.5, 0.6) is 0 Å². The van der Waals surface area contributed by atoms with Gasteiger partial charge in [0.25, 0.3) is 0 Å². The predicted molar refractivity (Wildman–Crippen MR) is 58.7 cm³/mol. The standard InChI is InChI=1S/C11H21N3/c1-8-10(13(2)3)6-7-14(8)11(12)9-4-5-9/h8-10,12H,4-7H2,1-3H3. The Morgan fingerprint density at radius 1 is 1.29 bits per heavy atom. The highest BCUT2D eigenvalue weighted by Crippen LogP contribution is 2.34. The minimum atomic E-state index is 0.526. The molecule has 1 heterocycles. The average Bonchev–Trinajstić information content (AvgIpc) is 2.88. The van der Waals surface area contributed by atoms with Crippen LogP contribution in [-0.2, 0) is 0 Å². The van der Waals surface area contributed by atoms with E-state index < -0.39 is 0 Å². The first-order valence-corrected chi connectivity index (χ1v) is 5.62. The summed E-state index contributed by atoms with van der Waals surface area (Å²) in [4.78, 5) is 4.60. The minimum Gasteiger partial charge on any atom is -0.356 e. The fraction of sp³-hybridized carbons (Fsp3) is 0.909. The zero-order chi connectivity index (χ0) is 10.3. The molecule has 80 valence electrons. The first kappa shape index (κ1) is 9.97. The van der Waals surface area contributed by atoms with Gasteiger partial charge in [-0.25, -0.2) is 0 Å². The summed E-state index contributed by atoms with van der Waals surface area (Å²) >= 11 is 0. The monoisotopic (exact) mass is 195 g/mol. The van der Waals surface area contributed by atoms with Crippen molar-refractivity contribution in [3.8, 4) is 0 Å². The molecule has 0 amide bonds. The van der Waals surface area contributed by atoms with E-state index in [0.717, 1.165) is 12.4 Å². The van der Waals surface area contributed by atoms with Gasteiger partial charge in [-0.1, -0.05) is 0 Å². The lowest BCUT2D eigenvalue weighted by Gasteiger charge is -2.30. The van der Waals surface area contributed by atoms with E-state index in [1.807, 2.05) is 0 Å². The number of nitrogens with zero attached hydrogens (tertiary/aromatic N) is 2. The second-order valence-corrected chi connectivity index (χ2v) is 4.91. The van der Waals surface area contributed by atoms with Gasteiger partial charge in [0.2, 0.25) is 0 Å². The second kappa shape index (κ2) is 3.54. The molecule has 2 aliphatic rings. The third kappa shape index (κ3) is 1.65. The van der Waals surface area contributed by atoms with E-state index in [1.54, 1.807) is 0 Å². The van der Waals surface area contributed by atoms with Crippen molar-refractivity contribution in [3.63, 3.8) is 0 Å². The highest BCUT2D eigenvalue weighted by atomic mass is 15.3. The van der Waals surface area contributed by atoms with Gasteiger partial charge in [0, 0.05) is 24.5 Å². The van der Waals surface area contributed by atoms with Crippen LogP contribution in [0.25, 0.3) is 0 Å². The fourth-order valence-corrected chi connectivity index (χ4v) is 2.54. The van der Waals surface area contributed by atoms with E-state index in [-0.39, 0.29) is 0 Å². The molecule has 1 aliphatic heterocycles. The van der Waals surface area contributed by atoms with E-state index in [4.69, 9.17) is 5.41 Å². The lowest BCUT2D eigenvalue weighted by atomic mass is 10.1. The van der Waals surface area contributed by atoms with Gasteiger partial charge in [-0.2, -0.15) is 0 Å². The zero-order valence-corrected chi connectivity index (χ0v) is 9.45. The zero-order valence-electron chi connectivity index (χ0n) is 9.45. The van der Waals surface area contributed by atoms with Crippen molar-refractivity contribution in [1.29, 1.82) is 5.41 Å². The van der Waals surface area contributed by atoms with E-state index in [2.05, 4.69) is 30.8 Å². The molecule has 0 radical (unpaired) electrons. The highest BCUT2D eigenvalue weighted by molar-refractivity contribution is 5.84. The minimum absolute atomic E-state index is 0.526. The van der Waals surface area contributed by atoms with Crippen LogP contribution < -0.4 is 0 Å². The van der Waals surface area contributed by atoms with E-state index in [9.17, 15) is 0 Å². The molecule has 3 heteroatoms. The molecule has 1 saturated carbocycles. The molecule has 2 atom stereocenters. The van der Waals surface area contributed by atoms with E-state index in [1.165, 1.54) is 19.3 Å². The maximum absolute atomic E-state index is 8.07. The van der Waals surface area contributed by atoms with Crippen molar-refractivity contribution in [1.82, 2.24) is 9.80 Å². The average molecular weight is 195 g/mol. The Hall–Kier alpha value is -0.570. The van der Waals surface area contributed by atoms with Crippen LogP contribution in [0.2, 0.25) is 0 Å². The first-order valence-electron chi connectivity index (χ1n) is 5.62. The van der Waals surface area contributed by atoms with Gasteiger partial charge >= 0.3 is 0 Å². The number of amidine groups is 1. The molecule has 0 aromatic heterocycles. The lowest BCUT2D eigenvalue weighted by molar-refractivity contribution is 0.244. The van der Waals surface area contributed by atoms with Crippen LogP contribution in [0.3, 0.4) is 0 Å².